The first-order chi connectivity index (χ1) is 12.0. The second kappa shape index (κ2) is 9.49. The van der Waals surface area contributed by atoms with Crippen molar-refractivity contribution in [2.45, 2.75) is 66.5 Å². The third kappa shape index (κ3) is 6.38. The summed E-state index contributed by atoms with van der Waals surface area (Å²) < 4.78 is 10.8. The van der Waals surface area contributed by atoms with E-state index in [0.717, 1.165) is 5.75 Å². The predicted molar refractivity (Wildman–Crippen MR) is 107 cm³/mol. The molecule has 1 atom stereocenters. The quantitative estimate of drug-likeness (QED) is 0.657. The maximum Gasteiger partial charge on any atom is 0.408 e. The van der Waals surface area contributed by atoms with Gasteiger partial charge in [-0.05, 0) is 78.0 Å². The summed E-state index contributed by atoms with van der Waals surface area (Å²) in [5.41, 5.74) is 4.42. The molecule has 0 aliphatic heterocycles. The summed E-state index contributed by atoms with van der Waals surface area (Å²) in [6.07, 6.45) is 1.87. The molecule has 0 radical (unpaired) electrons. The molecule has 6 heteroatoms. The van der Waals surface area contributed by atoms with Crippen LogP contribution in [0.25, 0.3) is 0 Å². The Bertz CT molecular complexity index is 577. The topological polar surface area (TPSA) is 64.6 Å². The van der Waals surface area contributed by atoms with E-state index in [1.54, 1.807) is 32.5 Å². The number of carbonyl (C=O) groups excluding carboxylic acids is 2. The van der Waals surface area contributed by atoms with Crippen LogP contribution < -0.4 is 5.32 Å². The van der Waals surface area contributed by atoms with Gasteiger partial charge in [0.25, 0.3) is 0 Å². The molecule has 0 unspecified atom stereocenters. The molecule has 1 rings (SSSR count). The number of hydrogen-bond donors (Lipinski definition) is 1. The lowest BCUT2D eigenvalue weighted by Crippen LogP contribution is -2.45. The normalized spacial score (nSPS) is 16.8. The summed E-state index contributed by atoms with van der Waals surface area (Å²) in [5.74, 6) is 0.462. The van der Waals surface area contributed by atoms with E-state index >= 15 is 0 Å². The van der Waals surface area contributed by atoms with Gasteiger partial charge in [0.1, 0.15) is 18.2 Å². The highest BCUT2D eigenvalue weighted by Gasteiger charge is 2.29. The molecular formula is C20H33NO4S. The summed E-state index contributed by atoms with van der Waals surface area (Å²) in [7, 11) is 0. The number of carbonyl (C=O) groups is 2. The maximum absolute atomic E-state index is 12.5. The Hall–Kier alpha value is -1.43. The van der Waals surface area contributed by atoms with Crippen LogP contribution in [0.5, 0.6) is 0 Å². The van der Waals surface area contributed by atoms with Crippen LogP contribution in [0.4, 0.5) is 4.79 Å². The van der Waals surface area contributed by atoms with Gasteiger partial charge in [0.05, 0.1) is 0 Å². The van der Waals surface area contributed by atoms with E-state index in [9.17, 15) is 9.59 Å². The van der Waals surface area contributed by atoms with E-state index in [2.05, 4.69) is 33.0 Å². The van der Waals surface area contributed by atoms with E-state index in [1.165, 1.54) is 22.3 Å². The Morgan fingerprint density at radius 2 is 1.65 bits per heavy atom. The zero-order valence-electron chi connectivity index (χ0n) is 17.3. The SMILES string of the molecule is CSCC[C@H](NC(=O)OC(C)(C)C)C(=O)OCC1C(C)=C(C)C(C)=C1C. The monoisotopic (exact) mass is 383 g/mol. The number of alkyl carbamates (subject to hydrolysis) is 1. The second-order valence-electron chi connectivity index (χ2n) is 7.78. The van der Waals surface area contributed by atoms with Gasteiger partial charge in [0.2, 0.25) is 0 Å². The molecule has 1 aliphatic carbocycles. The van der Waals surface area contributed by atoms with Crippen molar-refractivity contribution in [3.8, 4) is 0 Å². The number of hydrogen-bond acceptors (Lipinski definition) is 5. The van der Waals surface area contributed by atoms with Crippen LogP contribution in [-0.2, 0) is 14.3 Å². The van der Waals surface area contributed by atoms with Crippen LogP contribution in [-0.4, -0.2) is 42.3 Å². The van der Waals surface area contributed by atoms with Crippen LogP contribution in [0, 0.1) is 5.92 Å². The van der Waals surface area contributed by atoms with Crippen LogP contribution in [0.3, 0.4) is 0 Å². The van der Waals surface area contributed by atoms with Crippen LogP contribution in [0.1, 0.15) is 54.9 Å². The summed E-state index contributed by atoms with van der Waals surface area (Å²) >= 11 is 1.62. The molecule has 0 spiro atoms. The van der Waals surface area contributed by atoms with Crippen LogP contribution in [0.2, 0.25) is 0 Å². The zero-order chi connectivity index (χ0) is 20.1. The zero-order valence-corrected chi connectivity index (χ0v) is 18.1. The van der Waals surface area contributed by atoms with E-state index < -0.39 is 23.7 Å². The standard InChI is InChI=1S/C20H33NO4S/c1-12-13(2)15(4)16(14(12)3)11-24-18(22)17(9-10-26-8)21-19(23)25-20(5,6)7/h16-17H,9-11H2,1-8H3,(H,21,23)/t17-/m0/s1. The first-order valence-electron chi connectivity index (χ1n) is 8.98. The molecule has 0 saturated heterocycles. The first kappa shape index (κ1) is 22.6. The summed E-state index contributed by atoms with van der Waals surface area (Å²) in [4.78, 5) is 24.6. The molecule has 0 heterocycles. The van der Waals surface area contributed by atoms with Crippen molar-refractivity contribution >= 4 is 23.8 Å². The molecule has 0 aromatic carbocycles. The van der Waals surface area contributed by atoms with Gasteiger partial charge in [-0.3, -0.25) is 0 Å². The minimum Gasteiger partial charge on any atom is -0.463 e. The van der Waals surface area contributed by atoms with Crippen molar-refractivity contribution in [2.75, 3.05) is 18.6 Å². The van der Waals surface area contributed by atoms with Crippen molar-refractivity contribution in [3.63, 3.8) is 0 Å². The van der Waals surface area contributed by atoms with Crippen molar-refractivity contribution in [1.29, 1.82) is 0 Å². The average molecular weight is 384 g/mol. The van der Waals surface area contributed by atoms with Gasteiger partial charge in [-0.1, -0.05) is 11.1 Å². The first-order valence-corrected chi connectivity index (χ1v) is 10.4. The highest BCUT2D eigenvalue weighted by atomic mass is 32.2. The molecule has 0 fully saturated rings. The molecule has 1 amide bonds. The van der Waals surface area contributed by atoms with Crippen molar-refractivity contribution in [1.82, 2.24) is 5.32 Å². The molecule has 5 nitrogen and oxygen atoms in total. The molecule has 1 aliphatic rings. The molecule has 0 saturated carbocycles. The van der Waals surface area contributed by atoms with E-state index in [-0.39, 0.29) is 5.92 Å². The molecule has 1 N–H and O–H groups in total. The fourth-order valence-electron chi connectivity index (χ4n) is 2.89. The van der Waals surface area contributed by atoms with Gasteiger partial charge < -0.3 is 14.8 Å². The molecular weight excluding hydrogens is 350 g/mol. The second-order valence-corrected chi connectivity index (χ2v) is 8.76. The van der Waals surface area contributed by atoms with E-state index in [0.29, 0.717) is 13.0 Å². The smallest absolute Gasteiger partial charge is 0.408 e. The number of nitrogens with one attached hydrogen (secondary N) is 1. The van der Waals surface area contributed by atoms with Gasteiger partial charge in [-0.25, -0.2) is 9.59 Å². The van der Waals surface area contributed by atoms with Crippen LogP contribution in [0.15, 0.2) is 22.3 Å². The van der Waals surface area contributed by atoms with Crippen molar-refractivity contribution in [2.24, 2.45) is 5.92 Å². The van der Waals surface area contributed by atoms with Crippen LogP contribution >= 0.6 is 11.8 Å². The number of thioether (sulfide) groups is 1. The lowest BCUT2D eigenvalue weighted by Gasteiger charge is -2.23. The number of allylic oxidation sites excluding steroid dienone is 2. The number of rotatable bonds is 7. The van der Waals surface area contributed by atoms with E-state index in [1.807, 2.05) is 6.26 Å². The molecule has 26 heavy (non-hydrogen) atoms. The van der Waals surface area contributed by atoms with Gasteiger partial charge in [0, 0.05) is 5.92 Å². The highest BCUT2D eigenvalue weighted by Crippen LogP contribution is 2.36. The summed E-state index contributed by atoms with van der Waals surface area (Å²) in [6.45, 7) is 14.0. The Labute approximate surface area is 162 Å². The fraction of sp³-hybridized carbons (Fsp3) is 0.700. The lowest BCUT2D eigenvalue weighted by molar-refractivity contribution is -0.146. The minimum atomic E-state index is -0.700. The lowest BCUT2D eigenvalue weighted by atomic mass is 9.98. The average Bonchev–Trinajstić information content (AvgIpc) is 2.71. The fourth-order valence-corrected chi connectivity index (χ4v) is 3.36. The van der Waals surface area contributed by atoms with E-state index in [4.69, 9.17) is 9.47 Å². The maximum atomic E-state index is 12.5. The molecule has 0 aromatic heterocycles. The van der Waals surface area contributed by atoms with Gasteiger partial charge in [-0.2, -0.15) is 11.8 Å². The third-order valence-electron chi connectivity index (χ3n) is 4.77. The largest absolute Gasteiger partial charge is 0.463 e. The molecule has 148 valence electrons. The van der Waals surface area contributed by atoms with Crippen molar-refractivity contribution < 1.29 is 19.1 Å². The number of ether oxygens (including phenoxy) is 2. The highest BCUT2D eigenvalue weighted by molar-refractivity contribution is 7.98. The minimum absolute atomic E-state index is 0.127. The molecule has 0 aromatic rings. The molecule has 0 bridgehead atoms. The summed E-state index contributed by atoms with van der Waals surface area (Å²) in [6, 6.07) is -0.700. The third-order valence-corrected chi connectivity index (χ3v) is 5.41. The Kier molecular flexibility index (Phi) is 8.25. The van der Waals surface area contributed by atoms with Gasteiger partial charge in [-0.15, -0.1) is 0 Å². The number of esters is 1. The summed E-state index contributed by atoms with van der Waals surface area (Å²) in [5, 5.41) is 2.65. The van der Waals surface area contributed by atoms with Gasteiger partial charge >= 0.3 is 12.1 Å². The predicted octanol–water partition coefficient (Wildman–Crippen LogP) is 4.48. The number of amides is 1. The Morgan fingerprint density at radius 3 is 2.12 bits per heavy atom. The Morgan fingerprint density at radius 1 is 1.12 bits per heavy atom. The van der Waals surface area contributed by atoms with Gasteiger partial charge in [0.15, 0.2) is 0 Å². The Balaban J connectivity index is 2.70. The van der Waals surface area contributed by atoms with Crippen molar-refractivity contribution in [3.05, 3.63) is 22.3 Å².